The lowest BCUT2D eigenvalue weighted by Gasteiger charge is -2.50. The van der Waals surface area contributed by atoms with E-state index in [2.05, 4.69) is 30.0 Å². The van der Waals surface area contributed by atoms with Crippen LogP contribution in [0.2, 0.25) is 0 Å². The highest BCUT2D eigenvalue weighted by Crippen LogP contribution is 2.45. The summed E-state index contributed by atoms with van der Waals surface area (Å²) in [5.41, 5.74) is 1.72. The van der Waals surface area contributed by atoms with E-state index in [9.17, 15) is 9.59 Å². The lowest BCUT2D eigenvalue weighted by Crippen LogP contribution is -2.59. The van der Waals surface area contributed by atoms with Crippen molar-refractivity contribution < 1.29 is 9.59 Å². The molecule has 1 saturated carbocycles. The third-order valence-electron chi connectivity index (χ3n) is 5.95. The summed E-state index contributed by atoms with van der Waals surface area (Å²) in [5, 5.41) is 6.39. The minimum absolute atomic E-state index is 0.143. The Labute approximate surface area is 150 Å². The molecule has 26 heavy (non-hydrogen) atoms. The summed E-state index contributed by atoms with van der Waals surface area (Å²) in [6.07, 6.45) is 7.27. The van der Waals surface area contributed by atoms with Gasteiger partial charge in [-0.3, -0.25) is 14.7 Å². The van der Waals surface area contributed by atoms with Gasteiger partial charge in [0.05, 0.1) is 17.6 Å². The van der Waals surface area contributed by atoms with E-state index in [1.165, 1.54) is 6.33 Å². The van der Waals surface area contributed by atoms with E-state index in [1.807, 2.05) is 0 Å². The molecule has 2 aromatic heterocycles. The summed E-state index contributed by atoms with van der Waals surface area (Å²) in [6.45, 7) is 1.86. The molecule has 1 spiro atoms. The zero-order chi connectivity index (χ0) is 17.7. The van der Waals surface area contributed by atoms with Crippen molar-refractivity contribution in [2.45, 2.75) is 37.6 Å². The highest BCUT2D eigenvalue weighted by atomic mass is 16.2. The van der Waals surface area contributed by atoms with Gasteiger partial charge in [0.2, 0.25) is 11.7 Å². The normalized spacial score (nSPS) is 21.7. The molecule has 2 aromatic rings. The first-order valence-electron chi connectivity index (χ1n) is 9.18. The Hall–Kier alpha value is -2.71. The number of rotatable bonds is 2. The van der Waals surface area contributed by atoms with E-state index in [4.69, 9.17) is 0 Å². The van der Waals surface area contributed by atoms with Crippen LogP contribution >= 0.6 is 0 Å². The van der Waals surface area contributed by atoms with Gasteiger partial charge >= 0.3 is 0 Å². The number of H-pyrrole nitrogens is 2. The highest BCUT2D eigenvalue weighted by molar-refractivity contribution is 5.90. The minimum Gasteiger partial charge on any atom is -0.348 e. The quantitative estimate of drug-likeness (QED) is 0.813. The van der Waals surface area contributed by atoms with Crippen molar-refractivity contribution in [1.29, 1.82) is 0 Å². The molecule has 1 aliphatic carbocycles. The molecule has 136 valence electrons. The Morgan fingerprint density at radius 1 is 1.15 bits per heavy atom. The fourth-order valence-corrected chi connectivity index (χ4v) is 4.39. The van der Waals surface area contributed by atoms with Gasteiger partial charge in [-0.15, -0.1) is 0 Å². The number of nitrogens with zero attached hydrogens (tertiary/aromatic N) is 5. The average molecular weight is 355 g/mol. The van der Waals surface area contributed by atoms with Crippen LogP contribution in [0.15, 0.2) is 12.7 Å². The Bertz CT molecular complexity index is 831. The molecular formula is C17H21N7O2. The van der Waals surface area contributed by atoms with Gasteiger partial charge in [0.25, 0.3) is 5.91 Å². The van der Waals surface area contributed by atoms with Crippen molar-refractivity contribution in [3.8, 4) is 0 Å². The number of carbonyl (C=O) groups is 2. The topological polar surface area (TPSA) is 111 Å². The van der Waals surface area contributed by atoms with Crippen LogP contribution in [0.4, 0.5) is 0 Å². The Balaban J connectivity index is 1.43. The van der Waals surface area contributed by atoms with Gasteiger partial charge in [-0.2, -0.15) is 5.10 Å². The van der Waals surface area contributed by atoms with Crippen LogP contribution in [0.25, 0.3) is 0 Å². The first kappa shape index (κ1) is 15.5. The Morgan fingerprint density at radius 3 is 2.65 bits per heavy atom. The zero-order valence-corrected chi connectivity index (χ0v) is 14.4. The maximum absolute atomic E-state index is 13.0. The Morgan fingerprint density at radius 2 is 1.96 bits per heavy atom. The van der Waals surface area contributed by atoms with Crippen LogP contribution in [0.5, 0.6) is 0 Å². The lowest BCUT2D eigenvalue weighted by molar-refractivity contribution is -0.143. The van der Waals surface area contributed by atoms with Crippen LogP contribution in [0.1, 0.15) is 47.7 Å². The molecule has 0 atom stereocenters. The number of piperidine rings is 1. The first-order valence-corrected chi connectivity index (χ1v) is 9.18. The molecule has 0 bridgehead atoms. The third kappa shape index (κ3) is 2.26. The number of hydrogen-bond acceptors (Lipinski definition) is 5. The largest absolute Gasteiger partial charge is 0.348 e. The molecule has 9 nitrogen and oxygen atoms in total. The first-order chi connectivity index (χ1) is 12.7. The van der Waals surface area contributed by atoms with Crippen molar-refractivity contribution in [2.75, 3.05) is 19.6 Å². The summed E-state index contributed by atoms with van der Waals surface area (Å²) in [5.74, 6) is 0.557. The van der Waals surface area contributed by atoms with Gasteiger partial charge in [0.1, 0.15) is 6.33 Å². The van der Waals surface area contributed by atoms with E-state index in [0.29, 0.717) is 25.9 Å². The summed E-state index contributed by atoms with van der Waals surface area (Å²) >= 11 is 0. The number of aromatic nitrogens is 5. The number of likely N-dealkylation sites (tertiary alicyclic amines) is 1. The summed E-state index contributed by atoms with van der Waals surface area (Å²) in [6, 6.07) is 0. The minimum atomic E-state index is -0.397. The molecule has 0 unspecified atom stereocenters. The SMILES string of the molecule is O=C(c1ncn[nH]1)N1CCC2(CC1)c1nc[nH]c1CCN2C(=O)C1CC1. The van der Waals surface area contributed by atoms with Crippen LogP contribution < -0.4 is 0 Å². The van der Waals surface area contributed by atoms with Gasteiger partial charge in [-0.1, -0.05) is 0 Å². The molecule has 0 radical (unpaired) electrons. The van der Waals surface area contributed by atoms with Crippen molar-refractivity contribution >= 4 is 11.8 Å². The summed E-state index contributed by atoms with van der Waals surface area (Å²) < 4.78 is 0. The second-order valence-corrected chi connectivity index (χ2v) is 7.40. The molecule has 2 aliphatic heterocycles. The number of amides is 2. The monoisotopic (exact) mass is 355 g/mol. The molecule has 9 heteroatoms. The molecule has 1 saturated heterocycles. The van der Waals surface area contributed by atoms with Crippen molar-refractivity contribution in [1.82, 2.24) is 34.9 Å². The van der Waals surface area contributed by atoms with E-state index in [0.717, 1.165) is 37.2 Å². The second-order valence-electron chi connectivity index (χ2n) is 7.40. The molecular weight excluding hydrogens is 334 g/mol. The van der Waals surface area contributed by atoms with Crippen LogP contribution in [0.3, 0.4) is 0 Å². The predicted molar refractivity (Wildman–Crippen MR) is 89.9 cm³/mol. The van der Waals surface area contributed by atoms with Crippen LogP contribution in [-0.4, -0.2) is 66.4 Å². The van der Waals surface area contributed by atoms with E-state index in [-0.39, 0.29) is 23.6 Å². The van der Waals surface area contributed by atoms with Gasteiger partial charge in [-0.25, -0.2) is 9.97 Å². The number of fused-ring (bicyclic) bond motifs is 2. The molecule has 3 aliphatic rings. The van der Waals surface area contributed by atoms with Crippen LogP contribution in [0, 0.1) is 5.92 Å². The fourth-order valence-electron chi connectivity index (χ4n) is 4.39. The summed E-state index contributed by atoms with van der Waals surface area (Å²) in [4.78, 5) is 41.1. The third-order valence-corrected chi connectivity index (χ3v) is 5.95. The van der Waals surface area contributed by atoms with E-state index in [1.54, 1.807) is 11.2 Å². The average Bonchev–Trinajstić information content (AvgIpc) is 3.16. The van der Waals surface area contributed by atoms with Crippen molar-refractivity contribution in [3.05, 3.63) is 29.9 Å². The lowest BCUT2D eigenvalue weighted by atomic mass is 9.78. The van der Waals surface area contributed by atoms with E-state index < -0.39 is 5.54 Å². The van der Waals surface area contributed by atoms with Gasteiger partial charge < -0.3 is 14.8 Å². The van der Waals surface area contributed by atoms with Gasteiger partial charge in [0, 0.05) is 37.7 Å². The van der Waals surface area contributed by atoms with Gasteiger partial charge in [0.15, 0.2) is 0 Å². The molecule has 2 amide bonds. The molecule has 5 rings (SSSR count). The number of nitrogens with one attached hydrogen (secondary N) is 2. The van der Waals surface area contributed by atoms with Crippen molar-refractivity contribution in [2.24, 2.45) is 5.92 Å². The molecule has 2 N–H and O–H groups in total. The molecule has 0 aromatic carbocycles. The molecule has 4 heterocycles. The summed E-state index contributed by atoms with van der Waals surface area (Å²) in [7, 11) is 0. The number of carbonyl (C=O) groups excluding carboxylic acids is 2. The smallest absolute Gasteiger partial charge is 0.291 e. The highest BCUT2D eigenvalue weighted by Gasteiger charge is 2.51. The Kier molecular flexibility index (Phi) is 3.38. The van der Waals surface area contributed by atoms with Gasteiger partial charge in [-0.05, 0) is 25.7 Å². The predicted octanol–water partition coefficient (Wildman–Crippen LogP) is 0.454. The van der Waals surface area contributed by atoms with Crippen molar-refractivity contribution in [3.63, 3.8) is 0 Å². The maximum Gasteiger partial charge on any atom is 0.291 e. The number of imidazole rings is 1. The standard InChI is InChI=1S/C17H21N7O2/c25-15(11-1-2-11)24-6-3-12-13(19-9-18-12)17(24)4-7-23(8-5-17)16(26)14-20-10-21-22-14/h9-11H,1-8H2,(H,18,19)(H,20,21,22). The second kappa shape index (κ2) is 5.65. The number of aromatic amines is 2. The van der Waals surface area contributed by atoms with E-state index >= 15 is 0 Å². The molecule has 2 fully saturated rings. The van der Waals surface area contributed by atoms with Crippen LogP contribution in [-0.2, 0) is 16.8 Å². The fraction of sp³-hybridized carbons (Fsp3) is 0.588. The number of hydrogen-bond donors (Lipinski definition) is 2. The zero-order valence-electron chi connectivity index (χ0n) is 14.4. The maximum atomic E-state index is 13.0.